The lowest BCUT2D eigenvalue weighted by Gasteiger charge is -2.21. The Morgan fingerprint density at radius 3 is 2.53 bits per heavy atom. The smallest absolute Gasteiger partial charge is 0.339 e. The van der Waals surface area contributed by atoms with Crippen LogP contribution in [-0.2, 0) is 9.53 Å². The maximum Gasteiger partial charge on any atom is 0.339 e. The van der Waals surface area contributed by atoms with E-state index in [-0.39, 0.29) is 5.91 Å². The summed E-state index contributed by atoms with van der Waals surface area (Å²) in [4.78, 5) is 23.7. The van der Waals surface area contributed by atoms with E-state index in [0.29, 0.717) is 16.8 Å². The van der Waals surface area contributed by atoms with Crippen molar-refractivity contribution < 1.29 is 14.3 Å². The van der Waals surface area contributed by atoms with Crippen LogP contribution < -0.4 is 10.6 Å². The van der Waals surface area contributed by atoms with Crippen molar-refractivity contribution >= 4 is 17.6 Å². The summed E-state index contributed by atoms with van der Waals surface area (Å²) < 4.78 is 4.69. The van der Waals surface area contributed by atoms with E-state index in [0.717, 1.165) is 18.7 Å². The lowest BCUT2D eigenvalue weighted by Crippen LogP contribution is -2.36. The number of hydrogen-bond acceptors (Lipinski definition) is 4. The zero-order valence-electron chi connectivity index (χ0n) is 10.9. The highest BCUT2D eigenvalue weighted by molar-refractivity contribution is 6.07. The van der Waals surface area contributed by atoms with Crippen molar-refractivity contribution in [3.8, 4) is 0 Å². The highest BCUT2D eigenvalue weighted by atomic mass is 16.5. The van der Waals surface area contributed by atoms with Gasteiger partial charge in [0.1, 0.15) is 0 Å². The molecule has 0 bridgehead atoms. The molecule has 0 aromatic heterocycles. The largest absolute Gasteiger partial charge is 0.465 e. The van der Waals surface area contributed by atoms with Gasteiger partial charge in [0.2, 0.25) is 0 Å². The standard InChI is InChI=1S/C14H16N2O3/c1-9(10-7-15-8-10)13(17)16-12-6-4-3-5-11(12)14(18)19-2/h3-6,15H,7-8H2,1-2H3,(H,16,17). The lowest BCUT2D eigenvalue weighted by atomic mass is 10.0. The van der Waals surface area contributed by atoms with E-state index >= 15 is 0 Å². The summed E-state index contributed by atoms with van der Waals surface area (Å²) in [7, 11) is 1.31. The number of benzene rings is 1. The quantitative estimate of drug-likeness (QED) is 0.635. The number of methoxy groups -OCH3 is 1. The Bertz CT molecular complexity index is 543. The van der Waals surface area contributed by atoms with Crippen LogP contribution in [0.3, 0.4) is 0 Å². The molecule has 0 saturated carbocycles. The maximum atomic E-state index is 12.1. The van der Waals surface area contributed by atoms with Crippen molar-refractivity contribution in [2.24, 2.45) is 0 Å². The molecule has 2 rings (SSSR count). The number of para-hydroxylation sites is 1. The first kappa shape index (κ1) is 13.3. The summed E-state index contributed by atoms with van der Waals surface area (Å²) in [5.41, 5.74) is 2.60. The predicted molar refractivity (Wildman–Crippen MR) is 72.0 cm³/mol. The molecule has 5 nitrogen and oxygen atoms in total. The molecular formula is C14H16N2O3. The molecule has 0 aliphatic carbocycles. The highest BCUT2D eigenvalue weighted by Crippen LogP contribution is 2.18. The van der Waals surface area contributed by atoms with Gasteiger partial charge in [-0.3, -0.25) is 4.79 Å². The zero-order valence-corrected chi connectivity index (χ0v) is 10.9. The Morgan fingerprint density at radius 1 is 1.26 bits per heavy atom. The summed E-state index contributed by atoms with van der Waals surface area (Å²) in [5, 5.41) is 5.84. The van der Waals surface area contributed by atoms with Gasteiger partial charge < -0.3 is 15.4 Å². The third kappa shape index (κ3) is 2.82. The van der Waals surface area contributed by atoms with Gasteiger partial charge in [-0.05, 0) is 24.6 Å². The number of esters is 1. The fourth-order valence-corrected chi connectivity index (χ4v) is 1.77. The number of nitrogens with one attached hydrogen (secondary N) is 2. The molecule has 19 heavy (non-hydrogen) atoms. The fraction of sp³-hybridized carbons (Fsp3) is 0.286. The third-order valence-corrected chi connectivity index (χ3v) is 3.13. The number of anilines is 1. The van der Waals surface area contributed by atoms with Gasteiger partial charge in [0.15, 0.2) is 0 Å². The molecule has 1 aromatic rings. The van der Waals surface area contributed by atoms with Crippen molar-refractivity contribution in [1.29, 1.82) is 0 Å². The van der Waals surface area contributed by atoms with Crippen LogP contribution >= 0.6 is 0 Å². The van der Waals surface area contributed by atoms with Crippen molar-refractivity contribution in [3.05, 3.63) is 41.0 Å². The fourth-order valence-electron chi connectivity index (χ4n) is 1.77. The van der Waals surface area contributed by atoms with E-state index in [1.54, 1.807) is 31.2 Å². The monoisotopic (exact) mass is 260 g/mol. The van der Waals surface area contributed by atoms with E-state index < -0.39 is 5.97 Å². The summed E-state index contributed by atoms with van der Waals surface area (Å²) in [6, 6.07) is 6.79. The molecule has 0 radical (unpaired) electrons. The van der Waals surface area contributed by atoms with Gasteiger partial charge in [-0.15, -0.1) is 0 Å². The Kier molecular flexibility index (Phi) is 3.97. The summed E-state index contributed by atoms with van der Waals surface area (Å²) in [6.45, 7) is 3.28. The molecule has 1 aromatic carbocycles. The average molecular weight is 260 g/mol. The number of carbonyl (C=O) groups is 2. The Hall–Kier alpha value is -2.14. The van der Waals surface area contributed by atoms with E-state index in [2.05, 4.69) is 15.4 Å². The molecule has 1 saturated heterocycles. The predicted octanol–water partition coefficient (Wildman–Crippen LogP) is 1.33. The van der Waals surface area contributed by atoms with Crippen LogP contribution in [0.25, 0.3) is 0 Å². The molecule has 1 heterocycles. The van der Waals surface area contributed by atoms with Crippen LogP contribution in [0.2, 0.25) is 0 Å². The van der Waals surface area contributed by atoms with Crippen molar-refractivity contribution in [1.82, 2.24) is 5.32 Å². The van der Waals surface area contributed by atoms with Crippen LogP contribution in [0.15, 0.2) is 35.4 Å². The van der Waals surface area contributed by atoms with Crippen LogP contribution in [0.4, 0.5) is 5.69 Å². The molecule has 1 aliphatic heterocycles. The number of hydrogen-bond donors (Lipinski definition) is 2. The molecule has 1 aliphatic rings. The van der Waals surface area contributed by atoms with E-state index in [1.807, 2.05) is 0 Å². The first-order valence-corrected chi connectivity index (χ1v) is 6.01. The van der Waals surface area contributed by atoms with Crippen molar-refractivity contribution in [3.63, 3.8) is 0 Å². The molecule has 0 unspecified atom stereocenters. The molecular weight excluding hydrogens is 244 g/mol. The van der Waals surface area contributed by atoms with Gasteiger partial charge in [-0.2, -0.15) is 0 Å². The van der Waals surface area contributed by atoms with Crippen molar-refractivity contribution in [2.45, 2.75) is 6.92 Å². The SMILES string of the molecule is COC(=O)c1ccccc1NC(=O)C(C)=C1CNC1. The molecule has 100 valence electrons. The molecule has 1 amide bonds. The van der Waals surface area contributed by atoms with Gasteiger partial charge in [0.25, 0.3) is 5.91 Å². The first-order valence-electron chi connectivity index (χ1n) is 6.01. The number of rotatable bonds is 3. The minimum atomic E-state index is -0.466. The summed E-state index contributed by atoms with van der Waals surface area (Å²) in [6.07, 6.45) is 0. The normalized spacial score (nSPS) is 13.5. The van der Waals surface area contributed by atoms with Crippen LogP contribution in [0.5, 0.6) is 0 Å². The van der Waals surface area contributed by atoms with Crippen LogP contribution in [0.1, 0.15) is 17.3 Å². The first-order chi connectivity index (χ1) is 9.13. The molecule has 5 heteroatoms. The molecule has 0 spiro atoms. The second-order valence-electron chi connectivity index (χ2n) is 4.32. The van der Waals surface area contributed by atoms with E-state index in [1.165, 1.54) is 7.11 Å². The number of amides is 1. The average Bonchev–Trinajstić information content (AvgIpc) is 2.36. The topological polar surface area (TPSA) is 67.4 Å². The minimum absolute atomic E-state index is 0.187. The zero-order chi connectivity index (χ0) is 13.8. The van der Waals surface area contributed by atoms with Gasteiger partial charge in [0, 0.05) is 18.7 Å². The molecule has 0 atom stereocenters. The van der Waals surface area contributed by atoms with Gasteiger partial charge in [0.05, 0.1) is 18.4 Å². The van der Waals surface area contributed by atoms with E-state index in [4.69, 9.17) is 0 Å². The molecule has 1 fully saturated rings. The lowest BCUT2D eigenvalue weighted by molar-refractivity contribution is -0.112. The van der Waals surface area contributed by atoms with E-state index in [9.17, 15) is 9.59 Å². The minimum Gasteiger partial charge on any atom is -0.465 e. The Labute approximate surface area is 111 Å². The van der Waals surface area contributed by atoms with Crippen molar-refractivity contribution in [2.75, 3.05) is 25.5 Å². The Balaban J connectivity index is 2.19. The molecule has 2 N–H and O–H groups in total. The maximum absolute atomic E-state index is 12.1. The second kappa shape index (κ2) is 5.67. The highest BCUT2D eigenvalue weighted by Gasteiger charge is 2.18. The number of carbonyl (C=O) groups excluding carboxylic acids is 2. The Morgan fingerprint density at radius 2 is 1.95 bits per heavy atom. The van der Waals surface area contributed by atoms with Gasteiger partial charge >= 0.3 is 5.97 Å². The van der Waals surface area contributed by atoms with Gasteiger partial charge in [-0.1, -0.05) is 12.1 Å². The summed E-state index contributed by atoms with van der Waals surface area (Å²) in [5.74, 6) is -0.653. The van der Waals surface area contributed by atoms with Gasteiger partial charge in [-0.25, -0.2) is 4.79 Å². The second-order valence-corrected chi connectivity index (χ2v) is 4.32. The third-order valence-electron chi connectivity index (χ3n) is 3.13. The van der Waals surface area contributed by atoms with Crippen LogP contribution in [0, 0.1) is 0 Å². The summed E-state index contributed by atoms with van der Waals surface area (Å²) >= 11 is 0. The number of ether oxygens (including phenoxy) is 1. The van der Waals surface area contributed by atoms with Crippen LogP contribution in [-0.4, -0.2) is 32.1 Å².